The van der Waals surface area contributed by atoms with Gasteiger partial charge in [0.1, 0.15) is 21.5 Å². The van der Waals surface area contributed by atoms with Crippen molar-refractivity contribution in [3.05, 3.63) is 114 Å². The van der Waals surface area contributed by atoms with Gasteiger partial charge in [-0.25, -0.2) is 8.42 Å². The minimum absolute atomic E-state index is 0.116. The highest BCUT2D eigenvalue weighted by Gasteiger charge is 2.06. The van der Waals surface area contributed by atoms with E-state index in [-0.39, 0.29) is 4.90 Å². The van der Waals surface area contributed by atoms with E-state index < -0.39 is 10.0 Å². The van der Waals surface area contributed by atoms with Gasteiger partial charge in [-0.1, -0.05) is 72.8 Å². The van der Waals surface area contributed by atoms with Gasteiger partial charge in [-0.2, -0.15) is 0 Å². The SMILES string of the molecule is O=S(=O)([N-]c1ccc(-c2ccccc2)cc1)c1ccc(Oc2ccccc2)cc1. The first-order valence-corrected chi connectivity index (χ1v) is 10.5. The second-order valence-electron chi connectivity index (χ2n) is 6.37. The molecule has 0 aromatic heterocycles. The maximum Gasteiger partial charge on any atom is 0.127 e. The lowest BCUT2D eigenvalue weighted by atomic mass is 10.1. The van der Waals surface area contributed by atoms with E-state index in [1.165, 1.54) is 12.1 Å². The summed E-state index contributed by atoms with van der Waals surface area (Å²) in [7, 11) is -3.81. The van der Waals surface area contributed by atoms with Crippen LogP contribution in [0, 0.1) is 0 Å². The molecule has 5 heteroatoms. The molecule has 144 valence electrons. The number of hydrogen-bond acceptors (Lipinski definition) is 3. The van der Waals surface area contributed by atoms with Crippen LogP contribution in [0.15, 0.2) is 114 Å². The van der Waals surface area contributed by atoms with Crippen molar-refractivity contribution in [1.29, 1.82) is 0 Å². The Labute approximate surface area is 170 Å². The normalized spacial score (nSPS) is 11.0. The average Bonchev–Trinajstić information content (AvgIpc) is 2.76. The maximum absolute atomic E-state index is 12.6. The highest BCUT2D eigenvalue weighted by molar-refractivity contribution is 7.94. The lowest BCUT2D eigenvalue weighted by molar-refractivity contribution is 0.482. The molecule has 0 N–H and O–H groups in total. The Morgan fingerprint density at radius 3 is 1.69 bits per heavy atom. The van der Waals surface area contributed by atoms with Gasteiger partial charge in [0.05, 0.1) is 4.90 Å². The summed E-state index contributed by atoms with van der Waals surface area (Å²) in [5, 5.41) is 0. The van der Waals surface area contributed by atoms with E-state index in [4.69, 9.17) is 4.74 Å². The summed E-state index contributed by atoms with van der Waals surface area (Å²) in [6.07, 6.45) is 0. The van der Waals surface area contributed by atoms with Crippen LogP contribution < -0.4 is 4.74 Å². The number of rotatable bonds is 6. The summed E-state index contributed by atoms with van der Waals surface area (Å²) in [4.78, 5) is 0.116. The monoisotopic (exact) mass is 400 g/mol. The van der Waals surface area contributed by atoms with Crippen molar-refractivity contribution < 1.29 is 13.2 Å². The largest absolute Gasteiger partial charge is 0.573 e. The zero-order chi connectivity index (χ0) is 20.1. The Morgan fingerprint density at radius 1 is 0.552 bits per heavy atom. The summed E-state index contributed by atoms with van der Waals surface area (Å²) < 4.78 is 34.9. The van der Waals surface area contributed by atoms with E-state index in [1.54, 1.807) is 24.3 Å². The van der Waals surface area contributed by atoms with Crippen LogP contribution in [0.4, 0.5) is 5.69 Å². The van der Waals surface area contributed by atoms with Crippen molar-refractivity contribution >= 4 is 15.7 Å². The third kappa shape index (κ3) is 4.65. The van der Waals surface area contributed by atoms with Crippen LogP contribution in [0.25, 0.3) is 15.8 Å². The Kier molecular flexibility index (Phi) is 5.31. The predicted molar refractivity (Wildman–Crippen MR) is 115 cm³/mol. The van der Waals surface area contributed by atoms with Crippen LogP contribution in [0.3, 0.4) is 0 Å². The van der Waals surface area contributed by atoms with Crippen molar-refractivity contribution in [2.24, 2.45) is 0 Å². The molecule has 0 amide bonds. The summed E-state index contributed by atoms with van der Waals surface area (Å²) >= 11 is 0. The van der Waals surface area contributed by atoms with Gasteiger partial charge in [-0.3, -0.25) is 0 Å². The Bertz CT molecular complexity index is 1170. The van der Waals surface area contributed by atoms with E-state index in [2.05, 4.69) is 4.72 Å². The highest BCUT2D eigenvalue weighted by Crippen LogP contribution is 2.31. The molecule has 0 unspecified atom stereocenters. The molecule has 0 heterocycles. The smallest absolute Gasteiger partial charge is 0.127 e. The van der Waals surface area contributed by atoms with Crippen LogP contribution in [-0.4, -0.2) is 8.42 Å². The van der Waals surface area contributed by atoms with Gasteiger partial charge < -0.3 is 9.46 Å². The molecular formula is C24H18NO3S-. The standard InChI is InChI=1S/C24H18NO3S/c26-29(27,24-17-15-23(16-18-24)28-22-9-5-2-6-10-22)25-21-13-11-20(12-14-21)19-7-3-1-4-8-19/h1-18H/q-1. The van der Waals surface area contributed by atoms with Crippen molar-refractivity contribution in [2.45, 2.75) is 4.90 Å². The number of ether oxygens (including phenoxy) is 1. The highest BCUT2D eigenvalue weighted by atomic mass is 32.2. The summed E-state index contributed by atoms with van der Waals surface area (Å²) in [5.41, 5.74) is 2.45. The van der Waals surface area contributed by atoms with Crippen LogP contribution in [0.1, 0.15) is 0 Å². The fourth-order valence-corrected chi connectivity index (χ4v) is 3.83. The fraction of sp³-hybridized carbons (Fsp3) is 0. The second kappa shape index (κ2) is 8.20. The fourth-order valence-electron chi connectivity index (χ4n) is 2.84. The maximum atomic E-state index is 12.6. The number of nitrogens with zero attached hydrogens (tertiary/aromatic N) is 1. The Morgan fingerprint density at radius 2 is 1.07 bits per heavy atom. The molecule has 4 nitrogen and oxygen atoms in total. The molecule has 0 fully saturated rings. The molecule has 0 bridgehead atoms. The van der Waals surface area contributed by atoms with Gasteiger partial charge in [0.2, 0.25) is 0 Å². The molecule has 0 saturated carbocycles. The molecule has 4 aromatic carbocycles. The second-order valence-corrected chi connectivity index (χ2v) is 7.97. The van der Waals surface area contributed by atoms with E-state index in [0.717, 1.165) is 11.1 Å². The minimum atomic E-state index is -3.81. The van der Waals surface area contributed by atoms with Crippen LogP contribution >= 0.6 is 0 Å². The van der Waals surface area contributed by atoms with Gasteiger partial charge >= 0.3 is 0 Å². The van der Waals surface area contributed by atoms with Gasteiger partial charge in [-0.15, -0.1) is 5.69 Å². The third-order valence-electron chi connectivity index (χ3n) is 4.30. The van der Waals surface area contributed by atoms with Gasteiger partial charge in [0.15, 0.2) is 0 Å². The zero-order valence-corrected chi connectivity index (χ0v) is 16.3. The Balaban J connectivity index is 1.47. The molecule has 0 radical (unpaired) electrons. The molecule has 0 aliphatic carbocycles. The van der Waals surface area contributed by atoms with Crippen molar-refractivity contribution in [3.8, 4) is 22.6 Å². The topological polar surface area (TPSA) is 57.5 Å². The minimum Gasteiger partial charge on any atom is -0.573 e. The lowest BCUT2D eigenvalue weighted by Crippen LogP contribution is -1.97. The number of para-hydroxylation sites is 1. The molecule has 0 aliphatic rings. The van der Waals surface area contributed by atoms with E-state index in [1.807, 2.05) is 72.8 Å². The van der Waals surface area contributed by atoms with Crippen molar-refractivity contribution in [2.75, 3.05) is 0 Å². The van der Waals surface area contributed by atoms with E-state index in [9.17, 15) is 8.42 Å². The van der Waals surface area contributed by atoms with Crippen molar-refractivity contribution in [3.63, 3.8) is 0 Å². The van der Waals surface area contributed by atoms with Crippen LogP contribution in [0.2, 0.25) is 0 Å². The molecule has 0 atom stereocenters. The van der Waals surface area contributed by atoms with Crippen LogP contribution in [0.5, 0.6) is 11.5 Å². The molecule has 4 rings (SSSR count). The number of sulfonamides is 1. The summed E-state index contributed by atoms with van der Waals surface area (Å²) in [6.45, 7) is 0. The van der Waals surface area contributed by atoms with Gasteiger partial charge in [0.25, 0.3) is 0 Å². The first-order valence-electron chi connectivity index (χ1n) is 9.07. The molecule has 29 heavy (non-hydrogen) atoms. The molecule has 0 spiro atoms. The number of benzene rings is 4. The van der Waals surface area contributed by atoms with E-state index in [0.29, 0.717) is 17.2 Å². The predicted octanol–water partition coefficient (Wildman–Crippen LogP) is 6.54. The third-order valence-corrected chi connectivity index (χ3v) is 5.62. The summed E-state index contributed by atoms with van der Waals surface area (Å²) in [6, 6.07) is 32.5. The van der Waals surface area contributed by atoms with Gasteiger partial charge in [0, 0.05) is 0 Å². The van der Waals surface area contributed by atoms with E-state index >= 15 is 0 Å². The van der Waals surface area contributed by atoms with Crippen LogP contribution in [-0.2, 0) is 10.0 Å². The first-order chi connectivity index (χ1) is 14.1. The van der Waals surface area contributed by atoms with Gasteiger partial charge in [-0.05, 0) is 47.5 Å². The molecule has 4 aromatic rings. The average molecular weight is 400 g/mol. The zero-order valence-electron chi connectivity index (χ0n) is 15.5. The summed E-state index contributed by atoms with van der Waals surface area (Å²) in [5.74, 6) is 1.24. The van der Waals surface area contributed by atoms with Crippen molar-refractivity contribution in [1.82, 2.24) is 0 Å². The first kappa shape index (κ1) is 18.8. The Hall–Kier alpha value is -3.57. The number of hydrogen-bond donors (Lipinski definition) is 0. The molecule has 0 aliphatic heterocycles. The lowest BCUT2D eigenvalue weighted by Gasteiger charge is -2.22. The molecule has 0 saturated heterocycles. The quantitative estimate of drug-likeness (QED) is 0.369. The molecular weight excluding hydrogens is 382 g/mol.